The summed E-state index contributed by atoms with van der Waals surface area (Å²) in [6.07, 6.45) is 5.25. The third kappa shape index (κ3) is 5.10. The Balaban J connectivity index is 2.21. The fourth-order valence-corrected chi connectivity index (χ4v) is 4.00. The van der Waals surface area contributed by atoms with Gasteiger partial charge in [-0.25, -0.2) is 8.42 Å². The van der Waals surface area contributed by atoms with Crippen LogP contribution in [0, 0.1) is 0 Å². The lowest BCUT2D eigenvalue weighted by Crippen LogP contribution is -2.17. The van der Waals surface area contributed by atoms with Crippen LogP contribution in [0.1, 0.15) is 64.5 Å². The Hall–Kier alpha value is -1.81. The first-order valence-corrected chi connectivity index (χ1v) is 11.0. The highest BCUT2D eigenvalue weighted by atomic mass is 32.2. The zero-order valence-electron chi connectivity index (χ0n) is 16.4. The van der Waals surface area contributed by atoms with Crippen LogP contribution in [0.2, 0.25) is 0 Å². The minimum Gasteiger partial charge on any atom is -0.279 e. The molecule has 0 heterocycles. The first-order valence-electron chi connectivity index (χ1n) is 9.51. The van der Waals surface area contributed by atoms with E-state index >= 15 is 0 Å². The van der Waals surface area contributed by atoms with Gasteiger partial charge in [0.15, 0.2) is 0 Å². The smallest absolute Gasteiger partial charge is 0.261 e. The van der Waals surface area contributed by atoms with Gasteiger partial charge in [-0.2, -0.15) is 0 Å². The minimum atomic E-state index is -3.59. The predicted octanol–water partition coefficient (Wildman–Crippen LogP) is 5.91. The standard InChI is InChI=1S/C22H31NO2S/c1-5-7-8-11-18-12-9-10-13-21(18)23-26(24,25)20-16-14-19(15-17-20)22(3,4)6-2/h9-10,12-17,23H,5-8,11H2,1-4H3. The zero-order valence-corrected chi connectivity index (χ0v) is 17.2. The molecule has 0 saturated carbocycles. The second-order valence-corrected chi connectivity index (χ2v) is 9.16. The molecule has 26 heavy (non-hydrogen) atoms. The van der Waals surface area contributed by atoms with Crippen molar-refractivity contribution in [1.82, 2.24) is 0 Å². The number of anilines is 1. The summed E-state index contributed by atoms with van der Waals surface area (Å²) >= 11 is 0. The van der Waals surface area contributed by atoms with Crippen LogP contribution in [0.15, 0.2) is 53.4 Å². The highest BCUT2D eigenvalue weighted by molar-refractivity contribution is 7.92. The van der Waals surface area contributed by atoms with E-state index in [1.54, 1.807) is 12.1 Å². The highest BCUT2D eigenvalue weighted by Crippen LogP contribution is 2.28. The van der Waals surface area contributed by atoms with Crippen LogP contribution in [0.5, 0.6) is 0 Å². The number of aryl methyl sites for hydroxylation is 1. The summed E-state index contributed by atoms with van der Waals surface area (Å²) in [6, 6.07) is 14.9. The van der Waals surface area contributed by atoms with E-state index in [2.05, 4.69) is 32.4 Å². The van der Waals surface area contributed by atoms with Gasteiger partial charge in [0.1, 0.15) is 0 Å². The second-order valence-electron chi connectivity index (χ2n) is 7.48. The van der Waals surface area contributed by atoms with Crippen LogP contribution < -0.4 is 4.72 Å². The molecule has 142 valence electrons. The number of para-hydroxylation sites is 1. The van der Waals surface area contributed by atoms with Crippen LogP contribution in [-0.2, 0) is 21.9 Å². The Morgan fingerprint density at radius 1 is 0.923 bits per heavy atom. The summed E-state index contributed by atoms with van der Waals surface area (Å²) in [4.78, 5) is 0.302. The van der Waals surface area contributed by atoms with E-state index in [9.17, 15) is 8.42 Å². The van der Waals surface area contributed by atoms with E-state index in [1.165, 1.54) is 0 Å². The van der Waals surface area contributed by atoms with Gasteiger partial charge < -0.3 is 0 Å². The van der Waals surface area contributed by atoms with E-state index in [0.29, 0.717) is 10.6 Å². The van der Waals surface area contributed by atoms with Gasteiger partial charge in [0.25, 0.3) is 10.0 Å². The van der Waals surface area contributed by atoms with Gasteiger partial charge in [-0.1, -0.05) is 70.9 Å². The van der Waals surface area contributed by atoms with E-state index in [-0.39, 0.29) is 5.41 Å². The number of sulfonamides is 1. The van der Waals surface area contributed by atoms with Crippen LogP contribution in [-0.4, -0.2) is 8.42 Å². The molecule has 0 aliphatic rings. The van der Waals surface area contributed by atoms with Crippen molar-refractivity contribution in [1.29, 1.82) is 0 Å². The number of hydrogen-bond donors (Lipinski definition) is 1. The van der Waals surface area contributed by atoms with Gasteiger partial charge in [0, 0.05) is 0 Å². The molecule has 0 fully saturated rings. The largest absolute Gasteiger partial charge is 0.279 e. The molecule has 0 radical (unpaired) electrons. The summed E-state index contributed by atoms with van der Waals surface area (Å²) in [6.45, 7) is 8.64. The molecule has 0 aliphatic heterocycles. The first kappa shape index (κ1) is 20.5. The highest BCUT2D eigenvalue weighted by Gasteiger charge is 2.20. The Morgan fingerprint density at radius 3 is 2.19 bits per heavy atom. The lowest BCUT2D eigenvalue weighted by molar-refractivity contribution is 0.506. The fraction of sp³-hybridized carbons (Fsp3) is 0.455. The summed E-state index contributed by atoms with van der Waals surface area (Å²) in [7, 11) is -3.59. The number of unbranched alkanes of at least 4 members (excludes halogenated alkanes) is 2. The summed E-state index contributed by atoms with van der Waals surface area (Å²) in [5, 5.41) is 0. The summed E-state index contributed by atoms with van der Waals surface area (Å²) in [5.41, 5.74) is 2.93. The topological polar surface area (TPSA) is 46.2 Å². The second kappa shape index (κ2) is 8.72. The van der Waals surface area contributed by atoms with Crippen molar-refractivity contribution in [3.05, 3.63) is 59.7 Å². The molecule has 1 N–H and O–H groups in total. The van der Waals surface area contributed by atoms with Gasteiger partial charge in [-0.3, -0.25) is 4.72 Å². The van der Waals surface area contributed by atoms with Crippen molar-refractivity contribution in [2.75, 3.05) is 4.72 Å². The van der Waals surface area contributed by atoms with Crippen LogP contribution in [0.25, 0.3) is 0 Å². The van der Waals surface area contributed by atoms with Crippen LogP contribution in [0.4, 0.5) is 5.69 Å². The van der Waals surface area contributed by atoms with Crippen molar-refractivity contribution in [3.8, 4) is 0 Å². The number of hydrogen-bond acceptors (Lipinski definition) is 2. The zero-order chi connectivity index (χ0) is 19.2. The molecule has 0 atom stereocenters. The molecular formula is C22H31NO2S. The lowest BCUT2D eigenvalue weighted by Gasteiger charge is -2.23. The Morgan fingerprint density at radius 2 is 1.58 bits per heavy atom. The van der Waals surface area contributed by atoms with Crippen molar-refractivity contribution < 1.29 is 8.42 Å². The van der Waals surface area contributed by atoms with E-state index in [4.69, 9.17) is 0 Å². The molecule has 0 amide bonds. The average molecular weight is 374 g/mol. The first-order chi connectivity index (χ1) is 12.3. The maximum absolute atomic E-state index is 12.8. The molecule has 3 nitrogen and oxygen atoms in total. The normalized spacial score (nSPS) is 12.2. The van der Waals surface area contributed by atoms with Crippen molar-refractivity contribution in [2.45, 2.75) is 70.1 Å². The lowest BCUT2D eigenvalue weighted by atomic mass is 9.82. The monoisotopic (exact) mass is 373 g/mol. The average Bonchev–Trinajstić information content (AvgIpc) is 2.63. The SMILES string of the molecule is CCCCCc1ccccc1NS(=O)(=O)c1ccc(C(C)(C)CC)cc1. The van der Waals surface area contributed by atoms with Gasteiger partial charge in [0.2, 0.25) is 0 Å². The quantitative estimate of drug-likeness (QED) is 0.556. The molecule has 4 heteroatoms. The maximum Gasteiger partial charge on any atom is 0.261 e. The van der Waals surface area contributed by atoms with Crippen LogP contribution in [0.3, 0.4) is 0 Å². The molecular weight excluding hydrogens is 342 g/mol. The Bertz CT molecular complexity index is 808. The Kier molecular flexibility index (Phi) is 6.87. The third-order valence-corrected chi connectivity index (χ3v) is 6.52. The van der Waals surface area contributed by atoms with Gasteiger partial charge >= 0.3 is 0 Å². The minimum absolute atomic E-state index is 0.0433. The molecule has 2 rings (SSSR count). The molecule has 0 unspecified atom stereocenters. The van der Waals surface area contributed by atoms with E-state index < -0.39 is 10.0 Å². The van der Waals surface area contributed by atoms with E-state index in [1.807, 2.05) is 36.4 Å². The van der Waals surface area contributed by atoms with Crippen molar-refractivity contribution >= 4 is 15.7 Å². The molecule has 0 aliphatic carbocycles. The third-order valence-electron chi connectivity index (χ3n) is 5.14. The Labute approximate surface area is 158 Å². The molecule has 2 aromatic rings. The van der Waals surface area contributed by atoms with Gasteiger partial charge in [-0.05, 0) is 54.0 Å². The van der Waals surface area contributed by atoms with Crippen molar-refractivity contribution in [3.63, 3.8) is 0 Å². The van der Waals surface area contributed by atoms with Crippen LogP contribution >= 0.6 is 0 Å². The summed E-state index contributed by atoms with van der Waals surface area (Å²) < 4.78 is 28.4. The van der Waals surface area contributed by atoms with Gasteiger partial charge in [-0.15, -0.1) is 0 Å². The predicted molar refractivity (Wildman–Crippen MR) is 110 cm³/mol. The molecule has 0 spiro atoms. The summed E-state index contributed by atoms with van der Waals surface area (Å²) in [5.74, 6) is 0. The maximum atomic E-state index is 12.8. The van der Waals surface area contributed by atoms with E-state index in [0.717, 1.165) is 43.2 Å². The number of nitrogens with one attached hydrogen (secondary N) is 1. The molecule has 0 aromatic heterocycles. The molecule has 0 saturated heterocycles. The van der Waals surface area contributed by atoms with Gasteiger partial charge in [0.05, 0.1) is 10.6 Å². The number of benzene rings is 2. The number of rotatable bonds is 9. The molecule has 2 aromatic carbocycles. The fourth-order valence-electron chi connectivity index (χ4n) is 2.90. The van der Waals surface area contributed by atoms with Crippen molar-refractivity contribution in [2.24, 2.45) is 0 Å². The molecule has 0 bridgehead atoms.